The average molecular weight is 208 g/mol. The minimum Gasteiger partial charge on any atom is -0.382 e. The number of anilines is 2. The molecule has 84 valence electrons. The maximum absolute atomic E-state index is 5.60. The summed E-state index contributed by atoms with van der Waals surface area (Å²) >= 11 is 0. The lowest BCUT2D eigenvalue weighted by atomic mass is 10.3. The lowest BCUT2D eigenvalue weighted by Gasteiger charge is -2.06. The Morgan fingerprint density at radius 3 is 2.80 bits per heavy atom. The largest absolute Gasteiger partial charge is 0.382 e. The van der Waals surface area contributed by atoms with Crippen LogP contribution in [0.15, 0.2) is 31.0 Å². The summed E-state index contributed by atoms with van der Waals surface area (Å²) in [6.45, 7) is 6.78. The molecule has 0 radical (unpaired) electrons. The maximum atomic E-state index is 5.60. The molecule has 1 aromatic rings. The van der Waals surface area contributed by atoms with Gasteiger partial charge in [0.15, 0.2) is 0 Å². The molecule has 0 aliphatic carbocycles. The highest BCUT2D eigenvalue weighted by molar-refractivity contribution is 5.60. The summed E-state index contributed by atoms with van der Waals surface area (Å²) < 4.78 is 0. The molecule has 0 saturated heterocycles. The van der Waals surface area contributed by atoms with Crippen LogP contribution in [0.4, 0.5) is 11.5 Å². The number of nitrogens with two attached hydrogens (primary N) is 2. The van der Waals surface area contributed by atoms with E-state index in [2.05, 4.69) is 16.9 Å². The van der Waals surface area contributed by atoms with Gasteiger partial charge in [-0.3, -0.25) is 0 Å². The summed E-state index contributed by atoms with van der Waals surface area (Å²) in [6.07, 6.45) is 4.36. The van der Waals surface area contributed by atoms with E-state index in [9.17, 15) is 0 Å². The minimum atomic E-state index is 0.537. The first kappa shape index (κ1) is 13.4. The highest BCUT2D eigenvalue weighted by Crippen LogP contribution is 2.12. The molecule has 0 atom stereocenters. The topological polar surface area (TPSA) is 77.0 Å². The van der Waals surface area contributed by atoms with Crippen molar-refractivity contribution in [2.75, 3.05) is 24.1 Å². The summed E-state index contributed by atoms with van der Waals surface area (Å²) in [4.78, 5) is 3.94. The van der Waals surface area contributed by atoms with Crippen LogP contribution >= 0.6 is 0 Å². The quantitative estimate of drug-likeness (QED) is 0.519. The van der Waals surface area contributed by atoms with Crippen molar-refractivity contribution < 1.29 is 0 Å². The molecule has 4 nitrogen and oxygen atoms in total. The first-order valence-electron chi connectivity index (χ1n) is 4.97. The predicted octanol–water partition coefficient (Wildman–Crippen LogP) is 1.62. The maximum Gasteiger partial charge on any atom is 0.146 e. The third kappa shape index (κ3) is 6.51. The predicted molar refractivity (Wildman–Crippen MR) is 66.7 cm³/mol. The molecule has 0 fully saturated rings. The molecule has 0 saturated carbocycles. The fourth-order valence-corrected chi connectivity index (χ4v) is 0.892. The third-order valence-electron chi connectivity index (χ3n) is 1.53. The van der Waals surface area contributed by atoms with E-state index in [4.69, 9.17) is 11.5 Å². The van der Waals surface area contributed by atoms with Gasteiger partial charge in [0, 0.05) is 12.7 Å². The van der Waals surface area contributed by atoms with Crippen molar-refractivity contribution in [3.8, 4) is 0 Å². The van der Waals surface area contributed by atoms with Gasteiger partial charge in [-0.2, -0.15) is 0 Å². The number of hydrogen-bond donors (Lipinski definition) is 3. The Kier molecular flexibility index (Phi) is 8.09. The van der Waals surface area contributed by atoms with Gasteiger partial charge in [-0.1, -0.05) is 6.08 Å². The summed E-state index contributed by atoms with van der Waals surface area (Å²) in [5.74, 6) is 0.537. The first-order valence-corrected chi connectivity index (χ1v) is 4.97. The van der Waals surface area contributed by atoms with Gasteiger partial charge in [0.1, 0.15) is 5.82 Å². The number of nitrogens with zero attached hydrogens (tertiary/aromatic N) is 1. The molecule has 1 heterocycles. The van der Waals surface area contributed by atoms with Crippen molar-refractivity contribution >= 4 is 11.5 Å². The van der Waals surface area contributed by atoms with Crippen LogP contribution in [0, 0.1) is 0 Å². The smallest absolute Gasteiger partial charge is 0.146 e. The van der Waals surface area contributed by atoms with E-state index in [0.29, 0.717) is 12.4 Å². The second-order valence-corrected chi connectivity index (χ2v) is 2.91. The molecule has 0 unspecified atom stereocenters. The molecule has 15 heavy (non-hydrogen) atoms. The van der Waals surface area contributed by atoms with Crippen molar-refractivity contribution in [3.63, 3.8) is 0 Å². The van der Waals surface area contributed by atoms with E-state index in [-0.39, 0.29) is 0 Å². The third-order valence-corrected chi connectivity index (χ3v) is 1.53. The second-order valence-electron chi connectivity index (χ2n) is 2.91. The van der Waals surface area contributed by atoms with Gasteiger partial charge < -0.3 is 16.8 Å². The number of pyridine rings is 1. The van der Waals surface area contributed by atoms with Gasteiger partial charge >= 0.3 is 0 Å². The van der Waals surface area contributed by atoms with Crippen molar-refractivity contribution in [2.24, 2.45) is 5.73 Å². The number of hydrogen-bond acceptors (Lipinski definition) is 4. The van der Waals surface area contributed by atoms with Crippen LogP contribution in [0.1, 0.15) is 13.3 Å². The molecule has 1 rings (SSSR count). The monoisotopic (exact) mass is 208 g/mol. The molecule has 0 spiro atoms. The summed E-state index contributed by atoms with van der Waals surface area (Å²) in [7, 11) is 0. The van der Waals surface area contributed by atoms with Gasteiger partial charge in [-0.05, 0) is 32.0 Å². The average Bonchev–Trinajstić information content (AvgIpc) is 2.22. The Hall–Kier alpha value is -1.55. The minimum absolute atomic E-state index is 0.537. The van der Waals surface area contributed by atoms with Crippen LogP contribution in [0.2, 0.25) is 0 Å². The normalized spacial score (nSPS) is 8.67. The first-order chi connectivity index (χ1) is 7.26. The van der Waals surface area contributed by atoms with E-state index in [1.807, 2.05) is 19.1 Å². The second kappa shape index (κ2) is 9.02. The molecular weight excluding hydrogens is 188 g/mol. The Labute approximate surface area is 91.4 Å². The van der Waals surface area contributed by atoms with E-state index in [0.717, 1.165) is 18.7 Å². The number of nitrogen functional groups attached to an aromatic ring is 1. The molecule has 4 heteroatoms. The number of aromatic nitrogens is 1. The van der Waals surface area contributed by atoms with Crippen LogP contribution < -0.4 is 16.8 Å². The van der Waals surface area contributed by atoms with Gasteiger partial charge in [-0.15, -0.1) is 6.58 Å². The van der Waals surface area contributed by atoms with E-state index in [1.54, 1.807) is 12.3 Å². The Morgan fingerprint density at radius 1 is 1.60 bits per heavy atom. The highest BCUT2D eigenvalue weighted by Gasteiger charge is 1.95. The van der Waals surface area contributed by atoms with Crippen LogP contribution in [0.25, 0.3) is 0 Å². The Morgan fingerprint density at radius 2 is 2.27 bits per heavy atom. The highest BCUT2D eigenvalue weighted by atomic mass is 14.9. The van der Waals surface area contributed by atoms with Gasteiger partial charge in [0.2, 0.25) is 0 Å². The van der Waals surface area contributed by atoms with E-state index >= 15 is 0 Å². The van der Waals surface area contributed by atoms with Crippen LogP contribution in [-0.2, 0) is 0 Å². The molecule has 0 aliphatic rings. The Bertz CT molecular complexity index is 273. The summed E-state index contributed by atoms with van der Waals surface area (Å²) in [5.41, 5.74) is 11.8. The van der Waals surface area contributed by atoms with Crippen LogP contribution in [0.5, 0.6) is 0 Å². The fraction of sp³-hybridized carbons (Fsp3) is 0.364. The van der Waals surface area contributed by atoms with Gasteiger partial charge in [0.05, 0.1) is 5.69 Å². The van der Waals surface area contributed by atoms with Crippen LogP contribution in [0.3, 0.4) is 0 Å². The van der Waals surface area contributed by atoms with Crippen molar-refractivity contribution in [3.05, 3.63) is 31.0 Å². The zero-order chi connectivity index (χ0) is 11.5. The number of allylic oxidation sites excluding steroid dienone is 1. The van der Waals surface area contributed by atoms with Gasteiger partial charge in [-0.25, -0.2) is 4.98 Å². The molecule has 0 amide bonds. The molecular formula is C11H20N4. The summed E-state index contributed by atoms with van der Waals surface area (Å²) in [6, 6.07) is 3.75. The molecule has 0 aliphatic heterocycles. The standard InChI is InChI=1S/C8H14N4.C3H6/c9-4-2-6-11-7-3-1-5-12-8(7)10;1-3-2/h1,3,5,11H,2,4,6,9H2,(H2,10,12);3H,1H2,2H3. The van der Waals surface area contributed by atoms with E-state index in [1.165, 1.54) is 0 Å². The molecule has 0 aromatic carbocycles. The van der Waals surface area contributed by atoms with Crippen molar-refractivity contribution in [2.45, 2.75) is 13.3 Å². The molecule has 5 N–H and O–H groups in total. The van der Waals surface area contributed by atoms with Crippen molar-refractivity contribution in [1.29, 1.82) is 0 Å². The van der Waals surface area contributed by atoms with Crippen LogP contribution in [-0.4, -0.2) is 18.1 Å². The SMILES string of the molecule is C=CC.NCCCNc1cccnc1N. The molecule has 1 aromatic heterocycles. The fourth-order valence-electron chi connectivity index (χ4n) is 0.892. The summed E-state index contributed by atoms with van der Waals surface area (Å²) in [5, 5.41) is 3.15. The number of nitrogens with one attached hydrogen (secondary N) is 1. The number of rotatable bonds is 4. The Balaban J connectivity index is 0.000000583. The van der Waals surface area contributed by atoms with Crippen molar-refractivity contribution in [1.82, 2.24) is 4.98 Å². The zero-order valence-corrected chi connectivity index (χ0v) is 9.24. The molecule has 0 bridgehead atoms. The van der Waals surface area contributed by atoms with Gasteiger partial charge in [0.25, 0.3) is 0 Å². The zero-order valence-electron chi connectivity index (χ0n) is 9.24. The lowest BCUT2D eigenvalue weighted by Crippen LogP contribution is -2.09. The lowest BCUT2D eigenvalue weighted by molar-refractivity contribution is 0.874. The van der Waals surface area contributed by atoms with E-state index < -0.39 is 0 Å².